The van der Waals surface area contributed by atoms with Crippen LogP contribution in [0, 0.1) is 5.92 Å². The highest BCUT2D eigenvalue weighted by Gasteiger charge is 2.03. The van der Waals surface area contributed by atoms with Gasteiger partial charge in [-0.1, -0.05) is 33.3 Å². The molecular formula is C10H21N. The Morgan fingerprint density at radius 2 is 2.09 bits per heavy atom. The summed E-state index contributed by atoms with van der Waals surface area (Å²) in [5.41, 5.74) is 1.20. The molecular weight excluding hydrogens is 134 g/mol. The van der Waals surface area contributed by atoms with Crippen LogP contribution in [-0.2, 0) is 0 Å². The molecule has 1 unspecified atom stereocenters. The molecule has 0 amide bonds. The van der Waals surface area contributed by atoms with Crippen molar-refractivity contribution in [2.45, 2.75) is 40.0 Å². The van der Waals surface area contributed by atoms with Gasteiger partial charge in [0, 0.05) is 12.2 Å². The van der Waals surface area contributed by atoms with E-state index < -0.39 is 0 Å². The number of rotatable bonds is 6. The zero-order chi connectivity index (χ0) is 8.69. The van der Waals surface area contributed by atoms with Crippen molar-refractivity contribution in [3.8, 4) is 0 Å². The van der Waals surface area contributed by atoms with Gasteiger partial charge in [-0.2, -0.15) is 0 Å². The molecule has 0 aromatic carbocycles. The molecule has 11 heavy (non-hydrogen) atoms. The maximum Gasteiger partial charge on any atom is 0.0115 e. The Balaban J connectivity index is 3.46. The van der Waals surface area contributed by atoms with Gasteiger partial charge in [0.2, 0.25) is 0 Å². The van der Waals surface area contributed by atoms with E-state index >= 15 is 0 Å². The molecule has 0 radical (unpaired) electrons. The smallest absolute Gasteiger partial charge is 0.0115 e. The van der Waals surface area contributed by atoms with Gasteiger partial charge in [-0.05, 0) is 19.3 Å². The number of unbranched alkanes of at least 4 members (excludes halogenated alkanes) is 1. The van der Waals surface area contributed by atoms with Gasteiger partial charge in [-0.15, -0.1) is 0 Å². The van der Waals surface area contributed by atoms with Gasteiger partial charge in [0.1, 0.15) is 0 Å². The van der Waals surface area contributed by atoms with Gasteiger partial charge < -0.3 is 5.32 Å². The van der Waals surface area contributed by atoms with E-state index in [-0.39, 0.29) is 0 Å². The lowest BCUT2D eigenvalue weighted by Crippen LogP contribution is -2.17. The summed E-state index contributed by atoms with van der Waals surface area (Å²) < 4.78 is 0. The molecule has 0 aromatic rings. The summed E-state index contributed by atoms with van der Waals surface area (Å²) in [4.78, 5) is 0. The lowest BCUT2D eigenvalue weighted by molar-refractivity contribution is 0.539. The quantitative estimate of drug-likeness (QED) is 0.622. The third-order valence-electron chi connectivity index (χ3n) is 1.99. The Labute approximate surface area is 70.9 Å². The summed E-state index contributed by atoms with van der Waals surface area (Å²) in [6, 6.07) is 0. The minimum atomic E-state index is 0.634. The highest BCUT2D eigenvalue weighted by Crippen LogP contribution is 2.13. The van der Waals surface area contributed by atoms with Gasteiger partial charge in [-0.3, -0.25) is 0 Å². The molecule has 0 saturated carbocycles. The Morgan fingerprint density at radius 1 is 1.45 bits per heavy atom. The van der Waals surface area contributed by atoms with Gasteiger partial charge >= 0.3 is 0 Å². The van der Waals surface area contributed by atoms with Crippen molar-refractivity contribution >= 4 is 0 Å². The van der Waals surface area contributed by atoms with E-state index in [1.54, 1.807) is 0 Å². The van der Waals surface area contributed by atoms with Crippen LogP contribution in [0.25, 0.3) is 0 Å². The van der Waals surface area contributed by atoms with Crippen LogP contribution in [0.4, 0.5) is 0 Å². The first-order valence-corrected chi connectivity index (χ1v) is 4.65. The van der Waals surface area contributed by atoms with E-state index in [0.717, 1.165) is 6.54 Å². The topological polar surface area (TPSA) is 12.0 Å². The third kappa shape index (κ3) is 4.88. The summed E-state index contributed by atoms with van der Waals surface area (Å²) >= 11 is 0. The fraction of sp³-hybridized carbons (Fsp3) is 0.800. The lowest BCUT2D eigenvalue weighted by Gasteiger charge is -2.14. The molecule has 0 saturated heterocycles. The molecule has 0 aliphatic heterocycles. The molecule has 1 atom stereocenters. The summed E-state index contributed by atoms with van der Waals surface area (Å²) in [6.45, 7) is 11.6. The molecule has 0 fully saturated rings. The Bertz CT molecular complexity index is 107. The predicted octanol–water partition coefficient (Wildman–Crippen LogP) is 2.94. The van der Waals surface area contributed by atoms with Gasteiger partial charge in [-0.25, -0.2) is 0 Å². The van der Waals surface area contributed by atoms with Crippen molar-refractivity contribution in [2.75, 3.05) is 6.54 Å². The van der Waals surface area contributed by atoms with Gasteiger partial charge in [0.05, 0.1) is 0 Å². The van der Waals surface area contributed by atoms with Crippen LogP contribution in [0.15, 0.2) is 12.3 Å². The van der Waals surface area contributed by atoms with E-state index in [4.69, 9.17) is 0 Å². The molecule has 1 N–H and O–H groups in total. The number of allylic oxidation sites excluding steroid dienone is 1. The second-order valence-corrected chi connectivity index (χ2v) is 3.10. The maximum atomic E-state index is 3.99. The van der Waals surface area contributed by atoms with Crippen LogP contribution in [0.1, 0.15) is 40.0 Å². The molecule has 66 valence electrons. The van der Waals surface area contributed by atoms with Gasteiger partial charge in [0.25, 0.3) is 0 Å². The van der Waals surface area contributed by atoms with Crippen LogP contribution in [0.5, 0.6) is 0 Å². The zero-order valence-corrected chi connectivity index (χ0v) is 8.11. The second kappa shape index (κ2) is 6.26. The number of hydrogen-bond donors (Lipinski definition) is 1. The van der Waals surface area contributed by atoms with Crippen molar-refractivity contribution in [3.05, 3.63) is 12.3 Å². The summed E-state index contributed by atoms with van der Waals surface area (Å²) in [6.07, 6.45) is 3.86. The molecule has 0 bridgehead atoms. The first-order valence-electron chi connectivity index (χ1n) is 4.65. The number of hydrogen-bond acceptors (Lipinski definition) is 1. The zero-order valence-electron chi connectivity index (χ0n) is 8.11. The minimum Gasteiger partial charge on any atom is -0.389 e. The van der Waals surface area contributed by atoms with Crippen LogP contribution < -0.4 is 5.32 Å². The third-order valence-corrected chi connectivity index (χ3v) is 1.99. The fourth-order valence-corrected chi connectivity index (χ4v) is 1.09. The number of nitrogens with one attached hydrogen (secondary N) is 1. The summed E-state index contributed by atoms with van der Waals surface area (Å²) in [7, 11) is 0. The first-order chi connectivity index (χ1) is 5.22. The average Bonchev–Trinajstić information content (AvgIpc) is 2.00. The summed E-state index contributed by atoms with van der Waals surface area (Å²) in [5, 5.41) is 3.26. The molecule has 1 heteroatoms. The maximum absolute atomic E-state index is 3.99. The Hall–Kier alpha value is -0.460. The van der Waals surface area contributed by atoms with E-state index in [2.05, 4.69) is 32.7 Å². The molecule has 0 aliphatic rings. The average molecular weight is 155 g/mol. The van der Waals surface area contributed by atoms with E-state index in [1.165, 1.54) is 25.0 Å². The Morgan fingerprint density at radius 3 is 2.55 bits per heavy atom. The van der Waals surface area contributed by atoms with Crippen molar-refractivity contribution in [2.24, 2.45) is 5.92 Å². The monoisotopic (exact) mass is 155 g/mol. The molecule has 0 spiro atoms. The van der Waals surface area contributed by atoms with E-state index in [0.29, 0.717) is 5.92 Å². The van der Waals surface area contributed by atoms with Crippen molar-refractivity contribution < 1.29 is 0 Å². The molecule has 0 aromatic heterocycles. The highest BCUT2D eigenvalue weighted by molar-refractivity contribution is 4.95. The normalized spacial score (nSPS) is 12.6. The Kier molecular flexibility index (Phi) is 6.00. The van der Waals surface area contributed by atoms with Crippen LogP contribution >= 0.6 is 0 Å². The molecule has 0 rings (SSSR count). The van der Waals surface area contributed by atoms with E-state index in [1.807, 2.05) is 0 Å². The van der Waals surface area contributed by atoms with Crippen molar-refractivity contribution in [1.82, 2.24) is 5.32 Å². The largest absolute Gasteiger partial charge is 0.389 e. The summed E-state index contributed by atoms with van der Waals surface area (Å²) in [5.74, 6) is 0.634. The predicted molar refractivity (Wildman–Crippen MR) is 51.5 cm³/mol. The van der Waals surface area contributed by atoms with Crippen LogP contribution in [-0.4, -0.2) is 6.54 Å². The second-order valence-electron chi connectivity index (χ2n) is 3.10. The van der Waals surface area contributed by atoms with Gasteiger partial charge in [0.15, 0.2) is 0 Å². The fourth-order valence-electron chi connectivity index (χ4n) is 1.09. The van der Waals surface area contributed by atoms with Crippen molar-refractivity contribution in [3.63, 3.8) is 0 Å². The minimum absolute atomic E-state index is 0.634. The first kappa shape index (κ1) is 10.5. The van der Waals surface area contributed by atoms with Crippen LogP contribution in [0.2, 0.25) is 0 Å². The highest BCUT2D eigenvalue weighted by atomic mass is 14.9. The SMILES string of the molecule is C=C(NCC)C(C)CCCC. The molecule has 0 heterocycles. The van der Waals surface area contributed by atoms with Crippen LogP contribution in [0.3, 0.4) is 0 Å². The van der Waals surface area contributed by atoms with Crippen molar-refractivity contribution in [1.29, 1.82) is 0 Å². The molecule has 1 nitrogen and oxygen atoms in total. The standard InChI is InChI=1S/C10H21N/c1-5-7-8-9(3)10(4)11-6-2/h9,11H,4-8H2,1-3H3. The molecule has 0 aliphatic carbocycles. The van der Waals surface area contributed by atoms with E-state index in [9.17, 15) is 0 Å². The lowest BCUT2D eigenvalue weighted by atomic mass is 10.0.